The number of amides is 1. The number of hydrogen-bond acceptors (Lipinski definition) is 7. The van der Waals surface area contributed by atoms with Crippen molar-refractivity contribution in [3.05, 3.63) is 58.6 Å². The van der Waals surface area contributed by atoms with Crippen LogP contribution in [0.4, 0.5) is 5.69 Å². The molecule has 3 aromatic heterocycles. The maximum Gasteiger partial charge on any atom is 0.259 e. The van der Waals surface area contributed by atoms with E-state index in [-0.39, 0.29) is 5.91 Å². The first-order chi connectivity index (χ1) is 16.0. The van der Waals surface area contributed by atoms with Crippen molar-refractivity contribution in [1.29, 1.82) is 0 Å². The maximum atomic E-state index is 13.7. The molecule has 1 amide bonds. The molecule has 33 heavy (non-hydrogen) atoms. The van der Waals surface area contributed by atoms with Crippen molar-refractivity contribution in [1.82, 2.24) is 15.0 Å². The van der Waals surface area contributed by atoms with Gasteiger partial charge in [-0.1, -0.05) is 5.16 Å². The van der Waals surface area contributed by atoms with Gasteiger partial charge in [0.05, 0.1) is 34.3 Å². The molecular formula is C25H26N4O3S. The number of fused-ring (bicyclic) bond motifs is 1. The Morgan fingerprint density at radius 2 is 1.88 bits per heavy atom. The van der Waals surface area contributed by atoms with E-state index in [0.717, 1.165) is 41.5 Å². The van der Waals surface area contributed by atoms with Crippen molar-refractivity contribution >= 4 is 34.0 Å². The average molecular weight is 463 g/mol. The van der Waals surface area contributed by atoms with Gasteiger partial charge in [-0.3, -0.25) is 4.79 Å². The Bertz CT molecular complexity index is 1290. The quantitative estimate of drug-likeness (QED) is 0.428. The van der Waals surface area contributed by atoms with E-state index in [0.29, 0.717) is 35.4 Å². The van der Waals surface area contributed by atoms with Gasteiger partial charge in [-0.15, -0.1) is 11.3 Å². The van der Waals surface area contributed by atoms with E-state index in [2.05, 4.69) is 40.2 Å². The third kappa shape index (κ3) is 4.18. The minimum atomic E-state index is -0.000177. The number of aromatic nitrogens is 2. The van der Waals surface area contributed by atoms with Gasteiger partial charge in [0.15, 0.2) is 0 Å². The fourth-order valence-corrected chi connectivity index (χ4v) is 5.13. The van der Waals surface area contributed by atoms with E-state index in [9.17, 15) is 4.79 Å². The molecule has 7 nitrogen and oxygen atoms in total. The number of thiophene rings is 1. The lowest BCUT2D eigenvalue weighted by Crippen LogP contribution is -2.35. The first kappa shape index (κ1) is 21.5. The van der Waals surface area contributed by atoms with Gasteiger partial charge < -0.3 is 19.1 Å². The molecule has 8 heteroatoms. The molecule has 4 aromatic rings. The lowest BCUT2D eigenvalue weighted by molar-refractivity contribution is 0.0769. The molecule has 0 saturated carbocycles. The second-order valence-electron chi connectivity index (χ2n) is 8.24. The van der Waals surface area contributed by atoms with Crippen molar-refractivity contribution in [2.75, 3.05) is 38.2 Å². The van der Waals surface area contributed by atoms with Crippen LogP contribution in [0.5, 0.6) is 5.75 Å². The summed E-state index contributed by atoms with van der Waals surface area (Å²) >= 11 is 1.65. The highest BCUT2D eigenvalue weighted by Gasteiger charge is 2.25. The fourth-order valence-electron chi connectivity index (χ4n) is 4.30. The third-order valence-electron chi connectivity index (χ3n) is 6.06. The van der Waals surface area contributed by atoms with Crippen LogP contribution < -0.4 is 9.64 Å². The second kappa shape index (κ2) is 8.86. The normalized spacial score (nSPS) is 14.5. The zero-order valence-corrected chi connectivity index (χ0v) is 19.8. The Morgan fingerprint density at radius 3 is 2.61 bits per heavy atom. The molecule has 0 atom stereocenters. The highest BCUT2D eigenvalue weighted by molar-refractivity contribution is 7.15. The van der Waals surface area contributed by atoms with Gasteiger partial charge in [0.2, 0.25) is 0 Å². The smallest absolute Gasteiger partial charge is 0.259 e. The molecule has 0 bridgehead atoms. The summed E-state index contributed by atoms with van der Waals surface area (Å²) in [6.45, 7) is 6.93. The monoisotopic (exact) mass is 462 g/mol. The van der Waals surface area contributed by atoms with E-state index in [1.165, 1.54) is 4.88 Å². The predicted octanol–water partition coefficient (Wildman–Crippen LogP) is 4.93. The summed E-state index contributed by atoms with van der Waals surface area (Å²) in [6, 6.07) is 14.1. The van der Waals surface area contributed by atoms with E-state index in [1.807, 2.05) is 36.1 Å². The van der Waals surface area contributed by atoms with Crippen molar-refractivity contribution < 1.29 is 14.1 Å². The minimum absolute atomic E-state index is 0.000177. The number of nitrogens with zero attached hydrogens (tertiary/aromatic N) is 4. The van der Waals surface area contributed by atoms with E-state index in [4.69, 9.17) is 9.26 Å². The average Bonchev–Trinajstić information content (AvgIpc) is 3.35. The lowest BCUT2D eigenvalue weighted by atomic mass is 10.1. The number of methoxy groups -OCH3 is 1. The van der Waals surface area contributed by atoms with Crippen LogP contribution in [0.15, 0.2) is 47.0 Å². The molecule has 0 unspecified atom stereocenters. The summed E-state index contributed by atoms with van der Waals surface area (Å²) in [7, 11) is 1.67. The summed E-state index contributed by atoms with van der Waals surface area (Å²) in [5, 5.41) is 4.79. The zero-order valence-electron chi connectivity index (χ0n) is 19.0. The van der Waals surface area contributed by atoms with Gasteiger partial charge in [0, 0.05) is 36.7 Å². The Balaban J connectivity index is 1.42. The van der Waals surface area contributed by atoms with Gasteiger partial charge in [-0.05, 0) is 62.7 Å². The highest BCUT2D eigenvalue weighted by Crippen LogP contribution is 2.32. The van der Waals surface area contributed by atoms with Crippen molar-refractivity contribution in [2.45, 2.75) is 20.3 Å². The number of carbonyl (C=O) groups excluding carboxylic acids is 1. The second-order valence-corrected chi connectivity index (χ2v) is 9.53. The summed E-state index contributed by atoms with van der Waals surface area (Å²) in [4.78, 5) is 24.8. The number of anilines is 1. The highest BCUT2D eigenvalue weighted by atomic mass is 32.1. The number of ether oxygens (including phenoxy) is 1. The van der Waals surface area contributed by atoms with Gasteiger partial charge in [0.25, 0.3) is 11.6 Å². The van der Waals surface area contributed by atoms with Crippen LogP contribution in [0.3, 0.4) is 0 Å². The van der Waals surface area contributed by atoms with Gasteiger partial charge in [-0.25, -0.2) is 4.98 Å². The fraction of sp³-hybridized carbons (Fsp3) is 0.320. The Hall–Kier alpha value is -3.39. The number of aryl methyl sites for hydroxylation is 2. The summed E-state index contributed by atoms with van der Waals surface area (Å²) < 4.78 is 10.7. The summed E-state index contributed by atoms with van der Waals surface area (Å²) in [6.07, 6.45) is 0.894. The lowest BCUT2D eigenvalue weighted by Gasteiger charge is -2.24. The molecule has 0 aliphatic carbocycles. The molecule has 1 saturated heterocycles. The number of pyridine rings is 1. The molecule has 1 fully saturated rings. The zero-order chi connectivity index (χ0) is 22.9. The third-order valence-corrected chi connectivity index (χ3v) is 7.08. The molecule has 170 valence electrons. The molecule has 0 spiro atoms. The largest absolute Gasteiger partial charge is 0.497 e. The van der Waals surface area contributed by atoms with Crippen LogP contribution in [-0.2, 0) is 0 Å². The van der Waals surface area contributed by atoms with Crippen LogP contribution >= 0.6 is 11.3 Å². The molecule has 1 aromatic carbocycles. The van der Waals surface area contributed by atoms with E-state index >= 15 is 0 Å². The first-order valence-corrected chi connectivity index (χ1v) is 11.9. The first-order valence-electron chi connectivity index (χ1n) is 11.1. The van der Waals surface area contributed by atoms with Crippen LogP contribution in [0.2, 0.25) is 0 Å². The SMILES string of the molecule is COc1ccc(N2CCCN(C(=O)c3cc(-c4ccc(C)s4)nc4onc(C)c34)CC2)cc1. The Labute approximate surface area is 196 Å². The van der Waals surface area contributed by atoms with Crippen molar-refractivity contribution in [3.8, 4) is 16.3 Å². The standard InChI is InChI=1S/C25H26N4O3S/c1-16-5-10-22(33-16)21-15-20(23-17(2)27-32-24(23)26-21)25(30)29-12-4-11-28(13-14-29)18-6-8-19(31-3)9-7-18/h5-10,15H,4,11-14H2,1-3H3. The molecule has 0 radical (unpaired) electrons. The Morgan fingerprint density at radius 1 is 1.06 bits per heavy atom. The van der Waals surface area contributed by atoms with E-state index in [1.54, 1.807) is 18.4 Å². The molecule has 1 aliphatic heterocycles. The minimum Gasteiger partial charge on any atom is -0.497 e. The summed E-state index contributed by atoms with van der Waals surface area (Å²) in [5.74, 6) is 0.840. The molecule has 4 heterocycles. The van der Waals surface area contributed by atoms with Crippen LogP contribution in [-0.4, -0.2) is 54.2 Å². The van der Waals surface area contributed by atoms with Crippen LogP contribution in [0.1, 0.15) is 27.3 Å². The van der Waals surface area contributed by atoms with Crippen LogP contribution in [0.25, 0.3) is 21.7 Å². The van der Waals surface area contributed by atoms with Crippen molar-refractivity contribution in [2.24, 2.45) is 0 Å². The molecule has 0 N–H and O–H groups in total. The van der Waals surface area contributed by atoms with E-state index < -0.39 is 0 Å². The molecule has 5 rings (SSSR count). The number of rotatable bonds is 4. The topological polar surface area (TPSA) is 71.7 Å². The Kier molecular flexibility index (Phi) is 5.76. The molecular weight excluding hydrogens is 436 g/mol. The molecule has 1 aliphatic rings. The number of benzene rings is 1. The maximum absolute atomic E-state index is 13.7. The van der Waals surface area contributed by atoms with Gasteiger partial charge in [-0.2, -0.15) is 0 Å². The van der Waals surface area contributed by atoms with Gasteiger partial charge in [0.1, 0.15) is 5.75 Å². The number of hydrogen-bond donors (Lipinski definition) is 0. The number of carbonyl (C=O) groups is 1. The predicted molar refractivity (Wildman–Crippen MR) is 130 cm³/mol. The summed E-state index contributed by atoms with van der Waals surface area (Å²) in [5.41, 5.74) is 3.59. The van der Waals surface area contributed by atoms with Crippen molar-refractivity contribution in [3.63, 3.8) is 0 Å². The van der Waals surface area contributed by atoms with Crippen LogP contribution in [0, 0.1) is 13.8 Å². The van der Waals surface area contributed by atoms with Gasteiger partial charge >= 0.3 is 0 Å².